The van der Waals surface area contributed by atoms with E-state index < -0.39 is 0 Å². The van der Waals surface area contributed by atoms with Gasteiger partial charge in [-0.15, -0.1) is 0 Å². The Morgan fingerprint density at radius 2 is 1.88 bits per heavy atom. The van der Waals surface area contributed by atoms with Crippen molar-refractivity contribution in [3.8, 4) is 11.3 Å². The lowest BCUT2D eigenvalue weighted by Crippen LogP contribution is -1.94. The molecule has 0 amide bonds. The Morgan fingerprint density at radius 3 is 2.75 bits per heavy atom. The molecule has 0 aliphatic rings. The van der Waals surface area contributed by atoms with Crippen LogP contribution in [0.3, 0.4) is 0 Å². The number of nitrogen functional groups attached to an aromatic ring is 1. The van der Waals surface area contributed by atoms with Crippen molar-refractivity contribution in [2.45, 2.75) is 0 Å². The van der Waals surface area contributed by atoms with Gasteiger partial charge in [-0.2, -0.15) is 0 Å². The molecule has 16 heavy (non-hydrogen) atoms. The summed E-state index contributed by atoms with van der Waals surface area (Å²) < 4.78 is 2.03. The highest BCUT2D eigenvalue weighted by molar-refractivity contribution is 5.75. The van der Waals surface area contributed by atoms with E-state index >= 15 is 0 Å². The highest BCUT2D eigenvalue weighted by Gasteiger charge is 2.05. The average Bonchev–Trinajstić information content (AvgIpc) is 2.77. The van der Waals surface area contributed by atoms with Gasteiger partial charge in [0.25, 0.3) is 0 Å². The van der Waals surface area contributed by atoms with Gasteiger partial charge in [0.2, 0.25) is 0 Å². The first kappa shape index (κ1) is 8.97. The second-order valence-corrected chi connectivity index (χ2v) is 3.65. The monoisotopic (exact) mass is 209 g/mol. The van der Waals surface area contributed by atoms with Crippen LogP contribution in [0.25, 0.3) is 16.9 Å². The van der Waals surface area contributed by atoms with Crippen LogP contribution in [-0.2, 0) is 0 Å². The average molecular weight is 209 g/mol. The number of hydrogen-bond donors (Lipinski definition) is 1. The molecular formula is C13H11N3. The third-order valence-corrected chi connectivity index (χ3v) is 2.67. The quantitative estimate of drug-likeness (QED) is 0.626. The summed E-state index contributed by atoms with van der Waals surface area (Å²) in [7, 11) is 0. The molecule has 0 saturated carbocycles. The van der Waals surface area contributed by atoms with Crippen LogP contribution >= 0.6 is 0 Å². The summed E-state index contributed by atoms with van der Waals surface area (Å²) in [5.74, 6) is 0. The maximum absolute atomic E-state index is 5.98. The topological polar surface area (TPSA) is 43.3 Å². The third kappa shape index (κ3) is 1.26. The maximum Gasteiger partial charge on any atom is 0.137 e. The number of anilines is 1. The van der Waals surface area contributed by atoms with Gasteiger partial charge in [-0.05, 0) is 18.2 Å². The second kappa shape index (κ2) is 3.38. The molecule has 2 heterocycles. The number of hydrogen-bond acceptors (Lipinski definition) is 2. The molecule has 0 unspecified atom stereocenters. The number of imidazole rings is 1. The van der Waals surface area contributed by atoms with Crippen LogP contribution in [0.15, 0.2) is 54.9 Å². The number of aromatic nitrogens is 2. The Kier molecular flexibility index (Phi) is 1.90. The SMILES string of the molecule is Nc1ccccc1-c1cccc2nccn12. The fraction of sp³-hybridized carbons (Fsp3) is 0. The zero-order valence-corrected chi connectivity index (χ0v) is 8.67. The van der Waals surface area contributed by atoms with Crippen molar-refractivity contribution in [1.29, 1.82) is 0 Å². The van der Waals surface area contributed by atoms with E-state index in [2.05, 4.69) is 4.98 Å². The molecule has 0 atom stereocenters. The van der Waals surface area contributed by atoms with E-state index in [1.54, 1.807) is 6.20 Å². The molecule has 0 spiro atoms. The highest BCUT2D eigenvalue weighted by atomic mass is 15.0. The minimum absolute atomic E-state index is 0.781. The van der Waals surface area contributed by atoms with Crippen LogP contribution in [-0.4, -0.2) is 9.38 Å². The van der Waals surface area contributed by atoms with Gasteiger partial charge in [-0.3, -0.25) is 4.40 Å². The van der Waals surface area contributed by atoms with Gasteiger partial charge in [0.1, 0.15) is 5.65 Å². The third-order valence-electron chi connectivity index (χ3n) is 2.67. The van der Waals surface area contributed by atoms with E-state index in [0.29, 0.717) is 0 Å². The summed E-state index contributed by atoms with van der Waals surface area (Å²) in [6.07, 6.45) is 3.73. The van der Waals surface area contributed by atoms with Crippen LogP contribution in [0, 0.1) is 0 Å². The molecule has 0 aliphatic carbocycles. The smallest absolute Gasteiger partial charge is 0.137 e. The molecule has 3 heteroatoms. The van der Waals surface area contributed by atoms with Crippen LogP contribution in [0.1, 0.15) is 0 Å². The van der Waals surface area contributed by atoms with E-state index in [-0.39, 0.29) is 0 Å². The van der Waals surface area contributed by atoms with E-state index in [1.165, 1.54) is 0 Å². The van der Waals surface area contributed by atoms with Crippen LogP contribution in [0.5, 0.6) is 0 Å². The summed E-state index contributed by atoms with van der Waals surface area (Å²) >= 11 is 0. The summed E-state index contributed by atoms with van der Waals surface area (Å²) in [6, 6.07) is 13.9. The fourth-order valence-corrected chi connectivity index (χ4v) is 1.90. The number of para-hydroxylation sites is 1. The Labute approximate surface area is 93.2 Å². The standard InChI is InChI=1S/C13H11N3/c14-11-5-2-1-4-10(11)12-6-3-7-13-15-8-9-16(12)13/h1-9H,14H2. The van der Waals surface area contributed by atoms with Gasteiger partial charge >= 0.3 is 0 Å². The Morgan fingerprint density at radius 1 is 1.00 bits per heavy atom. The lowest BCUT2D eigenvalue weighted by atomic mass is 10.1. The van der Waals surface area contributed by atoms with Crippen molar-refractivity contribution in [2.75, 3.05) is 5.73 Å². The zero-order chi connectivity index (χ0) is 11.0. The molecule has 1 aromatic carbocycles. The van der Waals surface area contributed by atoms with E-state index in [0.717, 1.165) is 22.6 Å². The molecule has 0 fully saturated rings. The first-order valence-electron chi connectivity index (χ1n) is 5.13. The minimum atomic E-state index is 0.781. The van der Waals surface area contributed by atoms with Gasteiger partial charge in [0.05, 0.1) is 5.69 Å². The normalized spacial score (nSPS) is 10.8. The summed E-state index contributed by atoms with van der Waals surface area (Å²) in [5, 5.41) is 0. The molecule has 0 saturated heterocycles. The maximum atomic E-state index is 5.98. The molecule has 78 valence electrons. The van der Waals surface area contributed by atoms with Crippen molar-refractivity contribution in [3.63, 3.8) is 0 Å². The highest BCUT2D eigenvalue weighted by Crippen LogP contribution is 2.25. The molecule has 0 bridgehead atoms. The van der Waals surface area contributed by atoms with Gasteiger partial charge < -0.3 is 5.73 Å². The van der Waals surface area contributed by atoms with Crippen LogP contribution in [0.4, 0.5) is 5.69 Å². The fourth-order valence-electron chi connectivity index (χ4n) is 1.90. The molecule has 0 radical (unpaired) electrons. The number of benzene rings is 1. The molecule has 3 aromatic rings. The van der Waals surface area contributed by atoms with Crippen molar-refractivity contribution < 1.29 is 0 Å². The second-order valence-electron chi connectivity index (χ2n) is 3.65. The van der Waals surface area contributed by atoms with Crippen LogP contribution in [0.2, 0.25) is 0 Å². The first-order valence-corrected chi connectivity index (χ1v) is 5.13. The van der Waals surface area contributed by atoms with Crippen molar-refractivity contribution in [2.24, 2.45) is 0 Å². The predicted molar refractivity (Wildman–Crippen MR) is 65.0 cm³/mol. The molecule has 3 rings (SSSR count). The van der Waals surface area contributed by atoms with Crippen molar-refractivity contribution >= 4 is 11.3 Å². The molecule has 2 aromatic heterocycles. The van der Waals surface area contributed by atoms with E-state index in [4.69, 9.17) is 5.73 Å². The van der Waals surface area contributed by atoms with Crippen LogP contribution < -0.4 is 5.73 Å². The largest absolute Gasteiger partial charge is 0.398 e. The first-order chi connectivity index (χ1) is 7.86. The Balaban J connectivity index is 2.34. The lowest BCUT2D eigenvalue weighted by molar-refractivity contribution is 1.19. The van der Waals surface area contributed by atoms with Crippen molar-refractivity contribution in [3.05, 3.63) is 54.9 Å². The predicted octanol–water partition coefficient (Wildman–Crippen LogP) is 2.58. The van der Waals surface area contributed by atoms with Gasteiger partial charge in [0, 0.05) is 23.6 Å². The van der Waals surface area contributed by atoms with Gasteiger partial charge in [-0.1, -0.05) is 24.3 Å². The van der Waals surface area contributed by atoms with E-state index in [9.17, 15) is 0 Å². The Hall–Kier alpha value is -2.29. The van der Waals surface area contributed by atoms with Gasteiger partial charge in [0.15, 0.2) is 0 Å². The molecular weight excluding hydrogens is 198 g/mol. The summed E-state index contributed by atoms with van der Waals surface area (Å²) in [4.78, 5) is 4.26. The minimum Gasteiger partial charge on any atom is -0.398 e. The molecule has 3 nitrogen and oxygen atoms in total. The Bertz CT molecular complexity index is 640. The van der Waals surface area contributed by atoms with Crippen molar-refractivity contribution in [1.82, 2.24) is 9.38 Å². The van der Waals surface area contributed by atoms with E-state index in [1.807, 2.05) is 53.1 Å². The summed E-state index contributed by atoms with van der Waals surface area (Å²) in [5.41, 5.74) is 9.79. The number of fused-ring (bicyclic) bond motifs is 1. The number of rotatable bonds is 1. The summed E-state index contributed by atoms with van der Waals surface area (Å²) in [6.45, 7) is 0. The number of pyridine rings is 1. The molecule has 0 aliphatic heterocycles. The molecule has 2 N–H and O–H groups in total. The van der Waals surface area contributed by atoms with Gasteiger partial charge in [-0.25, -0.2) is 4.98 Å². The lowest BCUT2D eigenvalue weighted by Gasteiger charge is -2.07. The number of nitrogens with two attached hydrogens (primary N) is 1. The number of nitrogens with zero attached hydrogens (tertiary/aromatic N) is 2. The zero-order valence-electron chi connectivity index (χ0n) is 8.67.